The molecule has 4 nitrogen and oxygen atoms in total. The summed E-state index contributed by atoms with van der Waals surface area (Å²) in [6.07, 6.45) is 3.54. The molecular formula is C78H49F4NO3. The van der Waals surface area contributed by atoms with E-state index in [4.69, 9.17) is 13.9 Å². The number of rotatable bonds is 13. The molecule has 2 unspecified atom stereocenters. The van der Waals surface area contributed by atoms with Gasteiger partial charge in [0.2, 0.25) is 0 Å². The number of hydrogen-bond donors (Lipinski definition) is 0. The highest BCUT2D eigenvalue weighted by molar-refractivity contribution is 6.10. The van der Waals surface area contributed by atoms with Crippen molar-refractivity contribution in [2.75, 3.05) is 4.90 Å². The molecule has 0 bridgehead atoms. The summed E-state index contributed by atoms with van der Waals surface area (Å²) in [5.41, 5.74) is 11.8. The molecule has 0 fully saturated rings. The number of furan rings is 1. The molecule has 12 aromatic carbocycles. The van der Waals surface area contributed by atoms with Gasteiger partial charge in [0.15, 0.2) is 5.58 Å². The van der Waals surface area contributed by atoms with Crippen LogP contribution in [0.15, 0.2) is 278 Å². The molecule has 412 valence electrons. The molecule has 2 aliphatic rings. The van der Waals surface area contributed by atoms with Crippen LogP contribution in [0, 0.1) is 23.3 Å². The topological polar surface area (TPSA) is 34.8 Å². The molecule has 0 spiro atoms. The zero-order chi connectivity index (χ0) is 58.3. The van der Waals surface area contributed by atoms with Gasteiger partial charge in [0.25, 0.3) is 0 Å². The van der Waals surface area contributed by atoms with Crippen molar-refractivity contribution in [1.29, 1.82) is 0 Å². The molecule has 2 atom stereocenters. The van der Waals surface area contributed by atoms with Crippen molar-refractivity contribution in [1.82, 2.24) is 0 Å². The van der Waals surface area contributed by atoms with E-state index in [1.54, 1.807) is 12.2 Å². The summed E-state index contributed by atoms with van der Waals surface area (Å²) in [7, 11) is 0. The van der Waals surface area contributed by atoms with Crippen molar-refractivity contribution in [2.45, 2.75) is 10.8 Å². The van der Waals surface area contributed by atoms with Crippen molar-refractivity contribution < 1.29 is 31.5 Å². The van der Waals surface area contributed by atoms with Crippen molar-refractivity contribution in [2.24, 2.45) is 0 Å². The molecule has 15 rings (SSSR count). The lowest BCUT2D eigenvalue weighted by molar-refractivity contribution is 0.482. The smallest absolute Gasteiger partial charge is 0.159 e. The first-order chi connectivity index (χ1) is 42.1. The minimum atomic E-state index is -1.28. The second-order valence-electron chi connectivity index (χ2n) is 21.8. The van der Waals surface area contributed by atoms with E-state index in [2.05, 4.69) is 66.6 Å². The van der Waals surface area contributed by atoms with E-state index in [0.717, 1.165) is 89.7 Å². The fourth-order valence-corrected chi connectivity index (χ4v) is 13.4. The molecule has 8 heteroatoms. The fourth-order valence-electron chi connectivity index (χ4n) is 13.4. The Kier molecular flexibility index (Phi) is 12.3. The summed E-state index contributed by atoms with van der Waals surface area (Å²) in [5, 5.41) is 1.82. The van der Waals surface area contributed by atoms with Crippen LogP contribution in [0.4, 0.5) is 34.6 Å². The molecule has 0 saturated carbocycles. The predicted molar refractivity (Wildman–Crippen MR) is 336 cm³/mol. The minimum Gasteiger partial charge on any atom is -0.457 e. The van der Waals surface area contributed by atoms with E-state index < -0.39 is 34.1 Å². The van der Waals surface area contributed by atoms with Crippen LogP contribution in [-0.4, -0.2) is 0 Å². The monoisotopic (exact) mass is 1120 g/mol. The molecule has 0 amide bonds. The van der Waals surface area contributed by atoms with Gasteiger partial charge in [-0.05, 0) is 187 Å². The second-order valence-corrected chi connectivity index (χ2v) is 21.8. The first kappa shape index (κ1) is 51.9. The highest BCUT2D eigenvalue weighted by Crippen LogP contribution is 2.60. The van der Waals surface area contributed by atoms with Crippen molar-refractivity contribution in [3.8, 4) is 45.3 Å². The van der Waals surface area contributed by atoms with E-state index in [9.17, 15) is 0 Å². The second kappa shape index (κ2) is 20.4. The van der Waals surface area contributed by atoms with E-state index in [0.29, 0.717) is 62.4 Å². The number of hydrogen-bond acceptors (Lipinski definition) is 4. The SMILES string of the molecule is C=Cc1ccc(Oc2ccc(C3(c4cc(F)cc(F)c4)c4ccccc4-c4ccc(N(c5ccc6c(c5)C(c5ccc(Oc7ccc(C=C)cc7)cc5)(c5cc(F)cc(F)c5)c5ccccc5-6)c5cccc6c5oc5ccccc56)cc43)cc2)cc1. The average Bonchev–Trinajstić information content (AvgIpc) is 1.56. The molecule has 0 aliphatic heterocycles. The van der Waals surface area contributed by atoms with Gasteiger partial charge in [-0.2, -0.15) is 0 Å². The Morgan fingerprint density at radius 2 is 0.744 bits per heavy atom. The number of para-hydroxylation sites is 2. The molecule has 0 radical (unpaired) electrons. The van der Waals surface area contributed by atoms with Crippen LogP contribution in [0.25, 0.3) is 56.3 Å². The van der Waals surface area contributed by atoms with E-state index >= 15 is 17.6 Å². The summed E-state index contributed by atoms with van der Waals surface area (Å²) in [5.74, 6) is -0.463. The maximum Gasteiger partial charge on any atom is 0.159 e. The van der Waals surface area contributed by atoms with Gasteiger partial charge < -0.3 is 18.8 Å². The Morgan fingerprint density at radius 3 is 1.20 bits per heavy atom. The maximum absolute atomic E-state index is 16.1. The molecule has 1 aromatic heterocycles. The fraction of sp³-hybridized carbons (Fsp3) is 0.0256. The van der Waals surface area contributed by atoms with Crippen LogP contribution in [-0.2, 0) is 10.8 Å². The van der Waals surface area contributed by atoms with E-state index in [1.165, 1.54) is 24.3 Å². The van der Waals surface area contributed by atoms with Gasteiger partial charge in [-0.3, -0.25) is 0 Å². The lowest BCUT2D eigenvalue weighted by Crippen LogP contribution is -2.29. The summed E-state index contributed by atoms with van der Waals surface area (Å²) in [6, 6.07) is 80.7. The van der Waals surface area contributed by atoms with Gasteiger partial charge >= 0.3 is 0 Å². The third-order valence-corrected chi connectivity index (χ3v) is 17.1. The third-order valence-electron chi connectivity index (χ3n) is 17.1. The number of anilines is 3. The molecular weight excluding hydrogens is 1070 g/mol. The Morgan fingerprint density at radius 1 is 0.349 bits per heavy atom. The van der Waals surface area contributed by atoms with Gasteiger partial charge in [-0.25, -0.2) is 17.6 Å². The molecule has 2 aliphatic carbocycles. The number of ether oxygens (including phenoxy) is 2. The number of nitrogens with zero attached hydrogens (tertiary/aromatic N) is 1. The Balaban J connectivity index is 0.971. The van der Waals surface area contributed by atoms with Crippen LogP contribution in [0.3, 0.4) is 0 Å². The van der Waals surface area contributed by atoms with Crippen molar-refractivity contribution in [3.05, 3.63) is 353 Å². The van der Waals surface area contributed by atoms with E-state index in [1.807, 2.05) is 176 Å². The van der Waals surface area contributed by atoms with Crippen LogP contribution < -0.4 is 14.4 Å². The van der Waals surface area contributed by atoms with Gasteiger partial charge in [0.1, 0.15) is 51.8 Å². The number of benzene rings is 12. The van der Waals surface area contributed by atoms with Crippen LogP contribution in [0.1, 0.15) is 55.6 Å². The van der Waals surface area contributed by atoms with Gasteiger partial charge in [-0.1, -0.05) is 165 Å². The van der Waals surface area contributed by atoms with Crippen molar-refractivity contribution in [3.63, 3.8) is 0 Å². The van der Waals surface area contributed by atoms with E-state index in [-0.39, 0.29) is 0 Å². The zero-order valence-electron chi connectivity index (χ0n) is 46.1. The third kappa shape index (κ3) is 8.27. The van der Waals surface area contributed by atoms with Gasteiger partial charge in [0.05, 0.1) is 16.5 Å². The lowest BCUT2D eigenvalue weighted by Gasteiger charge is -2.36. The summed E-state index contributed by atoms with van der Waals surface area (Å²) in [6.45, 7) is 7.75. The van der Waals surface area contributed by atoms with Gasteiger partial charge in [-0.15, -0.1) is 0 Å². The Labute approximate surface area is 494 Å². The summed E-state index contributed by atoms with van der Waals surface area (Å²) < 4.78 is 84.1. The standard InChI is InChI=1S/C78H49F4NO3/c1-3-48-20-30-60(31-21-48)84-62-34-24-50(25-35-62)77(52-40-54(79)44-55(80)41-52)70-16-8-5-12-64(70)66-38-28-58(46-72(66)77)83(74-18-11-15-69-68-14-7-10-19-75(68)86-76(69)74)59-29-39-67-65-13-6-9-17-71(65)78(73(67)47-59,53-42-56(81)45-57(82)43-53)51-26-36-63(37-27-51)85-61-32-22-49(4-2)23-33-61/h3-47H,1-2H2. The highest BCUT2D eigenvalue weighted by atomic mass is 19.1. The number of halogens is 4. The summed E-state index contributed by atoms with van der Waals surface area (Å²) in [4.78, 5) is 2.15. The van der Waals surface area contributed by atoms with Crippen LogP contribution in [0.5, 0.6) is 23.0 Å². The Hall–Kier alpha value is -11.0. The maximum atomic E-state index is 16.1. The first-order valence-corrected chi connectivity index (χ1v) is 28.2. The zero-order valence-corrected chi connectivity index (χ0v) is 46.1. The predicted octanol–water partition coefficient (Wildman–Crippen LogP) is 21.2. The molecule has 13 aromatic rings. The normalized spacial score (nSPS) is 15.4. The molecule has 86 heavy (non-hydrogen) atoms. The number of fused-ring (bicyclic) bond motifs is 9. The average molecular weight is 1120 g/mol. The highest BCUT2D eigenvalue weighted by Gasteiger charge is 2.49. The first-order valence-electron chi connectivity index (χ1n) is 28.2. The molecule has 0 saturated heterocycles. The minimum absolute atomic E-state index is 0.391. The Bertz CT molecular complexity index is 4570. The quantitative estimate of drug-likeness (QED) is 0.108. The van der Waals surface area contributed by atoms with Crippen LogP contribution >= 0.6 is 0 Å². The van der Waals surface area contributed by atoms with Gasteiger partial charge in [0, 0.05) is 34.3 Å². The molecule has 0 N–H and O–H groups in total. The van der Waals surface area contributed by atoms with Crippen LogP contribution in [0.2, 0.25) is 0 Å². The summed E-state index contributed by atoms with van der Waals surface area (Å²) >= 11 is 0. The lowest BCUT2D eigenvalue weighted by atomic mass is 9.67. The largest absolute Gasteiger partial charge is 0.457 e. The molecule has 1 heterocycles. The van der Waals surface area contributed by atoms with Crippen molar-refractivity contribution >= 4 is 51.2 Å².